The van der Waals surface area contributed by atoms with E-state index in [9.17, 15) is 4.79 Å². The maximum Gasteiger partial charge on any atom is 0.265 e. The van der Waals surface area contributed by atoms with Crippen molar-refractivity contribution in [1.82, 2.24) is 15.6 Å². The lowest BCUT2D eigenvalue weighted by atomic mass is 9.87. The smallest absolute Gasteiger partial charge is 0.265 e. The summed E-state index contributed by atoms with van der Waals surface area (Å²) in [6.45, 7) is 6.49. The van der Waals surface area contributed by atoms with Gasteiger partial charge in [0.25, 0.3) is 5.91 Å². The molecule has 3 rings (SSSR count). The first-order valence-electron chi connectivity index (χ1n) is 7.94. The molecule has 1 amide bonds. The van der Waals surface area contributed by atoms with Crippen LogP contribution in [0.3, 0.4) is 0 Å². The minimum atomic E-state index is -0.376. The number of aromatic nitrogens is 2. The van der Waals surface area contributed by atoms with Crippen molar-refractivity contribution in [2.45, 2.75) is 26.2 Å². The molecule has 0 aliphatic heterocycles. The number of nitrogens with zero attached hydrogens (tertiary/aromatic N) is 2. The summed E-state index contributed by atoms with van der Waals surface area (Å²) in [7, 11) is 0. The number of nitrogen functional groups attached to an aromatic ring is 1. The molecule has 0 saturated heterocycles. The van der Waals surface area contributed by atoms with Crippen molar-refractivity contribution in [3.8, 4) is 22.9 Å². The van der Waals surface area contributed by atoms with Crippen LogP contribution in [0.2, 0.25) is 0 Å². The van der Waals surface area contributed by atoms with Gasteiger partial charge in [-0.05, 0) is 41.3 Å². The summed E-state index contributed by atoms with van der Waals surface area (Å²) in [4.78, 5) is 11.6. The van der Waals surface area contributed by atoms with E-state index in [0.29, 0.717) is 22.9 Å². The fourth-order valence-electron chi connectivity index (χ4n) is 2.45. The number of hydrogen-bond donors (Lipinski definition) is 2. The van der Waals surface area contributed by atoms with Crippen LogP contribution in [0.1, 0.15) is 36.7 Å². The molecule has 1 heterocycles. The molecule has 0 bridgehead atoms. The first-order chi connectivity index (χ1) is 11.9. The van der Waals surface area contributed by atoms with Gasteiger partial charge in [-0.2, -0.15) is 0 Å². The molecule has 0 atom stereocenters. The van der Waals surface area contributed by atoms with Crippen LogP contribution in [0.4, 0.5) is 0 Å². The van der Waals surface area contributed by atoms with Crippen LogP contribution < -0.4 is 11.3 Å². The Morgan fingerprint density at radius 1 is 1.00 bits per heavy atom. The quantitative estimate of drug-likeness (QED) is 0.435. The van der Waals surface area contributed by atoms with E-state index in [-0.39, 0.29) is 11.3 Å². The van der Waals surface area contributed by atoms with E-state index >= 15 is 0 Å². The molecular weight excluding hydrogens is 316 g/mol. The number of amides is 1. The Balaban J connectivity index is 1.89. The molecule has 6 nitrogen and oxygen atoms in total. The molecule has 128 valence electrons. The van der Waals surface area contributed by atoms with E-state index in [1.165, 1.54) is 5.56 Å². The molecule has 25 heavy (non-hydrogen) atoms. The molecule has 0 unspecified atom stereocenters. The van der Waals surface area contributed by atoms with E-state index in [0.717, 1.165) is 5.56 Å². The standard InChI is InChI=1S/C19H20N4O2/c1-19(2,3)15-9-7-12(8-10-15)17-22-23-18(25-17)14-6-4-5-13(11-14)16(24)21-20/h4-11H,20H2,1-3H3,(H,21,24). The molecule has 3 aromatic rings. The van der Waals surface area contributed by atoms with E-state index in [1.807, 2.05) is 12.1 Å². The third-order valence-corrected chi connectivity index (χ3v) is 3.93. The number of rotatable bonds is 3. The average Bonchev–Trinajstić information content (AvgIpc) is 3.10. The largest absolute Gasteiger partial charge is 0.416 e. The Kier molecular flexibility index (Phi) is 4.37. The van der Waals surface area contributed by atoms with Crippen molar-refractivity contribution in [3.05, 3.63) is 59.7 Å². The third kappa shape index (κ3) is 3.59. The SMILES string of the molecule is CC(C)(C)c1ccc(-c2nnc(-c3cccc(C(=O)NN)c3)o2)cc1. The maximum absolute atomic E-state index is 11.6. The van der Waals surface area contributed by atoms with Crippen molar-refractivity contribution in [2.24, 2.45) is 5.84 Å². The molecule has 2 aromatic carbocycles. The molecule has 3 N–H and O–H groups in total. The highest BCUT2D eigenvalue weighted by Gasteiger charge is 2.15. The molecular formula is C19H20N4O2. The fraction of sp³-hybridized carbons (Fsp3) is 0.211. The summed E-state index contributed by atoms with van der Waals surface area (Å²) in [5.41, 5.74) is 5.35. The zero-order valence-electron chi connectivity index (χ0n) is 14.4. The lowest BCUT2D eigenvalue weighted by Crippen LogP contribution is -2.29. The number of hydrogen-bond acceptors (Lipinski definition) is 5. The van der Waals surface area contributed by atoms with Gasteiger partial charge in [0.05, 0.1) is 0 Å². The Morgan fingerprint density at radius 3 is 2.24 bits per heavy atom. The number of benzene rings is 2. The molecule has 0 fully saturated rings. The minimum absolute atomic E-state index is 0.0859. The highest BCUT2D eigenvalue weighted by molar-refractivity contribution is 5.94. The second kappa shape index (κ2) is 6.49. The summed E-state index contributed by atoms with van der Waals surface area (Å²) >= 11 is 0. The second-order valence-electron chi connectivity index (χ2n) is 6.79. The molecule has 0 aliphatic carbocycles. The fourth-order valence-corrected chi connectivity index (χ4v) is 2.45. The van der Waals surface area contributed by atoms with Crippen LogP contribution in [0, 0.1) is 0 Å². The van der Waals surface area contributed by atoms with Crippen molar-refractivity contribution >= 4 is 5.91 Å². The van der Waals surface area contributed by atoms with Gasteiger partial charge < -0.3 is 4.42 Å². The van der Waals surface area contributed by atoms with Crippen LogP contribution in [-0.4, -0.2) is 16.1 Å². The Hall–Kier alpha value is -2.99. The summed E-state index contributed by atoms with van der Waals surface area (Å²) < 4.78 is 5.76. The number of hydrazine groups is 1. The van der Waals surface area contributed by atoms with Gasteiger partial charge in [0.1, 0.15) is 0 Å². The zero-order chi connectivity index (χ0) is 18.0. The maximum atomic E-state index is 11.6. The average molecular weight is 336 g/mol. The molecule has 6 heteroatoms. The van der Waals surface area contributed by atoms with E-state index in [4.69, 9.17) is 10.3 Å². The first kappa shape index (κ1) is 16.9. The van der Waals surface area contributed by atoms with E-state index < -0.39 is 0 Å². The molecule has 1 aromatic heterocycles. The van der Waals surface area contributed by atoms with Gasteiger partial charge in [-0.3, -0.25) is 10.2 Å². The van der Waals surface area contributed by atoms with Gasteiger partial charge in [0.2, 0.25) is 11.8 Å². The Labute approximate surface area is 146 Å². The molecule has 0 radical (unpaired) electrons. The van der Waals surface area contributed by atoms with Crippen LogP contribution in [0.25, 0.3) is 22.9 Å². The third-order valence-electron chi connectivity index (χ3n) is 3.93. The normalized spacial score (nSPS) is 11.4. The van der Waals surface area contributed by atoms with Crippen molar-refractivity contribution < 1.29 is 9.21 Å². The van der Waals surface area contributed by atoms with Gasteiger partial charge >= 0.3 is 0 Å². The highest BCUT2D eigenvalue weighted by Crippen LogP contribution is 2.27. The molecule has 0 aliphatic rings. The Bertz CT molecular complexity index is 892. The predicted octanol–water partition coefficient (Wildman–Crippen LogP) is 3.30. The lowest BCUT2D eigenvalue weighted by Gasteiger charge is -2.18. The number of nitrogens with one attached hydrogen (secondary N) is 1. The first-order valence-corrected chi connectivity index (χ1v) is 7.94. The molecule has 0 spiro atoms. The van der Waals surface area contributed by atoms with Gasteiger partial charge in [-0.25, -0.2) is 5.84 Å². The second-order valence-corrected chi connectivity index (χ2v) is 6.79. The van der Waals surface area contributed by atoms with Crippen LogP contribution in [0.5, 0.6) is 0 Å². The lowest BCUT2D eigenvalue weighted by molar-refractivity contribution is 0.0953. The van der Waals surface area contributed by atoms with Gasteiger partial charge in [0, 0.05) is 16.7 Å². The van der Waals surface area contributed by atoms with Crippen molar-refractivity contribution in [1.29, 1.82) is 0 Å². The van der Waals surface area contributed by atoms with Gasteiger partial charge in [-0.15, -0.1) is 10.2 Å². The summed E-state index contributed by atoms with van der Waals surface area (Å²) in [6.07, 6.45) is 0. The minimum Gasteiger partial charge on any atom is -0.416 e. The zero-order valence-corrected chi connectivity index (χ0v) is 14.4. The summed E-state index contributed by atoms with van der Waals surface area (Å²) in [5.74, 6) is 5.57. The van der Waals surface area contributed by atoms with Gasteiger partial charge in [-0.1, -0.05) is 39.0 Å². The number of nitrogens with two attached hydrogens (primary N) is 1. The topological polar surface area (TPSA) is 94.0 Å². The number of carbonyl (C=O) groups is 1. The summed E-state index contributed by atoms with van der Waals surface area (Å²) in [6, 6.07) is 14.9. The Morgan fingerprint density at radius 2 is 1.64 bits per heavy atom. The van der Waals surface area contributed by atoms with Crippen LogP contribution in [-0.2, 0) is 5.41 Å². The number of carbonyl (C=O) groups excluding carboxylic acids is 1. The van der Waals surface area contributed by atoms with Crippen molar-refractivity contribution in [3.63, 3.8) is 0 Å². The van der Waals surface area contributed by atoms with Crippen molar-refractivity contribution in [2.75, 3.05) is 0 Å². The van der Waals surface area contributed by atoms with Gasteiger partial charge in [0.15, 0.2) is 0 Å². The van der Waals surface area contributed by atoms with Crippen LogP contribution >= 0.6 is 0 Å². The van der Waals surface area contributed by atoms with E-state index in [1.54, 1.807) is 24.3 Å². The van der Waals surface area contributed by atoms with E-state index in [2.05, 4.69) is 48.5 Å². The molecule has 0 saturated carbocycles. The van der Waals surface area contributed by atoms with Crippen LogP contribution in [0.15, 0.2) is 52.9 Å². The highest BCUT2D eigenvalue weighted by atomic mass is 16.4. The monoisotopic (exact) mass is 336 g/mol. The predicted molar refractivity (Wildman–Crippen MR) is 95.5 cm³/mol. The summed E-state index contributed by atoms with van der Waals surface area (Å²) in [5, 5.41) is 8.19.